The zero-order valence-electron chi connectivity index (χ0n) is 8.73. The van der Waals surface area contributed by atoms with E-state index in [0.29, 0.717) is 0 Å². The van der Waals surface area contributed by atoms with Crippen LogP contribution in [0, 0.1) is 0 Å². The number of hydrogen-bond donors (Lipinski definition) is 3. The summed E-state index contributed by atoms with van der Waals surface area (Å²) >= 11 is 0. The van der Waals surface area contributed by atoms with Gasteiger partial charge >= 0.3 is 18.1 Å². The molecule has 1 amide bonds. The number of rotatable bonds is 3. The van der Waals surface area contributed by atoms with Crippen LogP contribution in [0.25, 0.3) is 0 Å². The van der Waals surface area contributed by atoms with E-state index in [1.165, 1.54) is 17.4 Å². The largest absolute Gasteiger partial charge is 0.508 e. The molecule has 5 nitrogen and oxygen atoms in total. The Hall–Kier alpha value is -2.25. The number of carboxylic acid groups (broad SMARTS) is 1. The molecule has 0 fully saturated rings. The number of phenolic OH excluding ortho intramolecular Hbond substituents is 1. The van der Waals surface area contributed by atoms with Crippen LogP contribution in [0.2, 0.25) is 0 Å². The highest BCUT2D eigenvalue weighted by Gasteiger charge is 2.41. The molecule has 1 aromatic carbocycles. The number of alkyl halides is 3. The first-order valence-electron chi connectivity index (χ1n) is 4.62. The predicted molar refractivity (Wildman–Crippen MR) is 52.7 cm³/mol. The lowest BCUT2D eigenvalue weighted by Gasteiger charge is -2.16. The van der Waals surface area contributed by atoms with Crippen molar-refractivity contribution in [3.05, 3.63) is 29.8 Å². The molecule has 1 aromatic rings. The molecule has 0 spiro atoms. The normalized spacial score (nSPS) is 12.8. The van der Waals surface area contributed by atoms with Crippen molar-refractivity contribution < 1.29 is 33.0 Å². The first-order valence-corrected chi connectivity index (χ1v) is 4.62. The van der Waals surface area contributed by atoms with E-state index in [0.717, 1.165) is 12.1 Å². The molecule has 18 heavy (non-hydrogen) atoms. The molecule has 98 valence electrons. The summed E-state index contributed by atoms with van der Waals surface area (Å²) in [4.78, 5) is 21.5. The van der Waals surface area contributed by atoms with Gasteiger partial charge in [-0.25, -0.2) is 4.79 Å². The zero-order chi connectivity index (χ0) is 13.9. The third kappa shape index (κ3) is 3.12. The first kappa shape index (κ1) is 13.8. The van der Waals surface area contributed by atoms with Gasteiger partial charge in [0.05, 0.1) is 0 Å². The lowest BCUT2D eigenvalue weighted by atomic mass is 10.1. The van der Waals surface area contributed by atoms with Gasteiger partial charge in [0.2, 0.25) is 0 Å². The molecule has 0 aromatic heterocycles. The van der Waals surface area contributed by atoms with Crippen molar-refractivity contribution in [2.24, 2.45) is 0 Å². The van der Waals surface area contributed by atoms with Crippen LogP contribution >= 0.6 is 0 Å². The molecule has 3 N–H and O–H groups in total. The van der Waals surface area contributed by atoms with Gasteiger partial charge < -0.3 is 15.5 Å². The van der Waals surface area contributed by atoms with E-state index in [1.54, 1.807) is 0 Å². The number of halogens is 3. The molecule has 0 radical (unpaired) electrons. The molecule has 8 heteroatoms. The number of carbonyl (C=O) groups excluding carboxylic acids is 1. The second-order valence-electron chi connectivity index (χ2n) is 3.30. The van der Waals surface area contributed by atoms with E-state index in [-0.39, 0.29) is 5.56 Å². The smallest absolute Gasteiger partial charge is 0.471 e. The number of para-hydroxylation sites is 1. The number of benzene rings is 1. The van der Waals surface area contributed by atoms with E-state index in [4.69, 9.17) is 5.11 Å². The highest BCUT2D eigenvalue weighted by molar-refractivity contribution is 5.88. The van der Waals surface area contributed by atoms with Gasteiger partial charge in [0.15, 0.2) is 6.04 Å². The van der Waals surface area contributed by atoms with Gasteiger partial charge in [-0.3, -0.25) is 4.79 Å². The van der Waals surface area contributed by atoms with Gasteiger partial charge in [0, 0.05) is 5.56 Å². The number of carbonyl (C=O) groups is 2. The van der Waals surface area contributed by atoms with E-state index in [1.807, 2.05) is 0 Å². The van der Waals surface area contributed by atoms with Crippen molar-refractivity contribution in [1.29, 1.82) is 0 Å². The fraction of sp³-hybridized carbons (Fsp3) is 0.200. The second kappa shape index (κ2) is 4.94. The molecule has 1 atom stereocenters. The van der Waals surface area contributed by atoms with E-state index >= 15 is 0 Å². The molecule has 0 aliphatic carbocycles. The Morgan fingerprint density at radius 3 is 2.22 bits per heavy atom. The van der Waals surface area contributed by atoms with Crippen LogP contribution in [0.3, 0.4) is 0 Å². The van der Waals surface area contributed by atoms with Crippen LogP contribution in [0.5, 0.6) is 5.75 Å². The Morgan fingerprint density at radius 1 is 1.22 bits per heavy atom. The molecule has 0 heterocycles. The van der Waals surface area contributed by atoms with Crippen molar-refractivity contribution in [3.8, 4) is 5.75 Å². The fourth-order valence-electron chi connectivity index (χ4n) is 1.22. The van der Waals surface area contributed by atoms with Gasteiger partial charge in [-0.2, -0.15) is 13.2 Å². The summed E-state index contributed by atoms with van der Waals surface area (Å²) in [6, 6.07) is 2.92. The molecular weight excluding hydrogens is 255 g/mol. The average molecular weight is 263 g/mol. The number of hydrogen-bond acceptors (Lipinski definition) is 3. The minimum Gasteiger partial charge on any atom is -0.508 e. The number of nitrogens with one attached hydrogen (secondary N) is 1. The standard InChI is InChI=1S/C10H8F3NO4/c11-10(12,13)9(18)14-7(8(16)17)5-3-1-2-4-6(5)15/h1-4,7,15H,(H,14,18)(H,16,17). The van der Waals surface area contributed by atoms with Crippen molar-refractivity contribution in [3.63, 3.8) is 0 Å². The molecular formula is C10H8F3NO4. The van der Waals surface area contributed by atoms with E-state index in [9.17, 15) is 27.9 Å². The lowest BCUT2D eigenvalue weighted by molar-refractivity contribution is -0.175. The highest BCUT2D eigenvalue weighted by Crippen LogP contribution is 2.25. The minimum absolute atomic E-state index is 0.331. The molecule has 0 aliphatic heterocycles. The summed E-state index contributed by atoms with van der Waals surface area (Å²) in [7, 11) is 0. The van der Waals surface area contributed by atoms with E-state index < -0.39 is 29.8 Å². The Labute approximate surface area is 98.8 Å². The molecule has 1 rings (SSSR count). The maximum Gasteiger partial charge on any atom is 0.471 e. The monoisotopic (exact) mass is 263 g/mol. The molecule has 1 unspecified atom stereocenters. The molecule has 0 bridgehead atoms. The number of amides is 1. The van der Waals surface area contributed by atoms with Crippen LogP contribution in [0.15, 0.2) is 24.3 Å². The van der Waals surface area contributed by atoms with Crippen LogP contribution in [-0.2, 0) is 9.59 Å². The maximum atomic E-state index is 12.0. The van der Waals surface area contributed by atoms with Crippen LogP contribution in [-0.4, -0.2) is 28.3 Å². The summed E-state index contributed by atoms with van der Waals surface area (Å²) in [6.07, 6.45) is -5.20. The summed E-state index contributed by atoms with van der Waals surface area (Å²) in [5.41, 5.74) is -0.331. The minimum atomic E-state index is -5.20. The fourth-order valence-corrected chi connectivity index (χ4v) is 1.22. The average Bonchev–Trinajstić information content (AvgIpc) is 2.25. The number of phenols is 1. The van der Waals surface area contributed by atoms with Gasteiger partial charge in [0.25, 0.3) is 0 Å². The van der Waals surface area contributed by atoms with Crippen LogP contribution < -0.4 is 5.32 Å². The number of aliphatic carboxylic acids is 1. The topological polar surface area (TPSA) is 86.6 Å². The van der Waals surface area contributed by atoms with Gasteiger partial charge in [-0.05, 0) is 6.07 Å². The predicted octanol–water partition coefficient (Wildman–Crippen LogP) is 1.20. The van der Waals surface area contributed by atoms with Gasteiger partial charge in [-0.15, -0.1) is 0 Å². The Kier molecular flexibility index (Phi) is 3.79. The van der Waals surface area contributed by atoms with Gasteiger partial charge in [-0.1, -0.05) is 18.2 Å². The second-order valence-corrected chi connectivity index (χ2v) is 3.30. The number of aromatic hydroxyl groups is 1. The Morgan fingerprint density at radius 2 is 1.78 bits per heavy atom. The molecule has 0 saturated heterocycles. The van der Waals surface area contributed by atoms with Crippen molar-refractivity contribution >= 4 is 11.9 Å². The van der Waals surface area contributed by atoms with Crippen LogP contribution in [0.1, 0.15) is 11.6 Å². The Balaban J connectivity index is 3.03. The third-order valence-corrected chi connectivity index (χ3v) is 2.03. The molecule has 0 aliphatic rings. The Bertz CT molecular complexity index is 472. The number of carboxylic acids is 1. The summed E-state index contributed by atoms with van der Waals surface area (Å²) in [6.45, 7) is 0. The molecule has 0 saturated carbocycles. The quantitative estimate of drug-likeness (QED) is 0.764. The van der Waals surface area contributed by atoms with Crippen molar-refractivity contribution in [2.75, 3.05) is 0 Å². The first-order chi connectivity index (χ1) is 8.23. The zero-order valence-corrected chi connectivity index (χ0v) is 8.73. The van der Waals surface area contributed by atoms with Gasteiger partial charge in [0.1, 0.15) is 5.75 Å². The van der Waals surface area contributed by atoms with Crippen molar-refractivity contribution in [1.82, 2.24) is 5.32 Å². The summed E-state index contributed by atoms with van der Waals surface area (Å²) < 4.78 is 36.1. The maximum absolute atomic E-state index is 12.0. The lowest BCUT2D eigenvalue weighted by Crippen LogP contribution is -2.41. The van der Waals surface area contributed by atoms with Crippen LogP contribution in [0.4, 0.5) is 13.2 Å². The third-order valence-electron chi connectivity index (χ3n) is 2.03. The van der Waals surface area contributed by atoms with Crippen molar-refractivity contribution in [2.45, 2.75) is 12.2 Å². The summed E-state index contributed by atoms with van der Waals surface area (Å²) in [5.74, 6) is -4.63. The summed E-state index contributed by atoms with van der Waals surface area (Å²) in [5, 5.41) is 19.4. The van der Waals surface area contributed by atoms with E-state index in [2.05, 4.69) is 0 Å². The SMILES string of the molecule is O=C(O)C(NC(=O)C(F)(F)F)c1ccccc1O. The highest BCUT2D eigenvalue weighted by atomic mass is 19.4.